The maximum absolute atomic E-state index is 2.40. The second-order valence-corrected chi connectivity index (χ2v) is 9.53. The molecule has 1 rings (SSSR count). The van der Waals surface area contributed by atoms with E-state index >= 15 is 0 Å². The van der Waals surface area contributed by atoms with Crippen LogP contribution in [-0.4, -0.2) is 19.5 Å². The van der Waals surface area contributed by atoms with Crippen LogP contribution in [0.5, 0.6) is 0 Å². The Morgan fingerprint density at radius 1 is 0.609 bits per heavy atom. The quantitative estimate of drug-likeness (QED) is 0.237. The fourth-order valence-electron chi connectivity index (χ4n) is 2.99. The van der Waals surface area contributed by atoms with Crippen molar-refractivity contribution in [2.45, 2.75) is 77.0 Å². The first-order valence-corrected chi connectivity index (χ1v) is 11.9. The number of benzene rings is 1. The second kappa shape index (κ2) is 16.8. The maximum Gasteiger partial charge on any atom is -0.0279 e. The van der Waals surface area contributed by atoms with Crippen LogP contribution in [0.2, 0.25) is 0 Å². The maximum atomic E-state index is 2.40. The van der Waals surface area contributed by atoms with E-state index in [0.29, 0.717) is 7.92 Å². The van der Waals surface area contributed by atoms with E-state index in [-0.39, 0.29) is 12.4 Å². The van der Waals surface area contributed by atoms with Gasteiger partial charge in [0.2, 0.25) is 0 Å². The predicted molar refractivity (Wildman–Crippen MR) is 112 cm³/mol. The SMILES string of the molecule is CP(C)CCCCCCCCCCCCCc1ccccc1.Cl. The Hall–Kier alpha value is -0.0600. The number of unbranched alkanes of at least 4 members (excludes halogenated alkanes) is 10. The summed E-state index contributed by atoms with van der Waals surface area (Å²) in [7, 11) is 0.347. The highest BCUT2D eigenvalue weighted by Gasteiger charge is 1.96. The van der Waals surface area contributed by atoms with E-state index in [0.717, 1.165) is 0 Å². The molecule has 0 heterocycles. The highest BCUT2D eigenvalue weighted by Crippen LogP contribution is 2.26. The van der Waals surface area contributed by atoms with Crippen molar-refractivity contribution in [2.24, 2.45) is 0 Å². The smallest absolute Gasteiger partial charge is 0.0279 e. The highest BCUT2D eigenvalue weighted by molar-refractivity contribution is 7.55. The second-order valence-electron chi connectivity index (χ2n) is 6.93. The van der Waals surface area contributed by atoms with E-state index in [1.54, 1.807) is 0 Å². The van der Waals surface area contributed by atoms with Crippen LogP contribution in [0, 0.1) is 0 Å². The minimum Gasteiger partial charge on any atom is -0.147 e. The summed E-state index contributed by atoms with van der Waals surface area (Å²) < 4.78 is 0. The number of rotatable bonds is 14. The molecule has 0 bridgehead atoms. The van der Waals surface area contributed by atoms with Crippen LogP contribution >= 0.6 is 20.3 Å². The Morgan fingerprint density at radius 2 is 1.04 bits per heavy atom. The summed E-state index contributed by atoms with van der Waals surface area (Å²) in [6, 6.07) is 10.9. The molecule has 0 nitrogen and oxygen atoms in total. The number of hydrogen-bond acceptors (Lipinski definition) is 0. The van der Waals surface area contributed by atoms with Crippen LogP contribution in [-0.2, 0) is 6.42 Å². The third-order valence-electron chi connectivity index (χ3n) is 4.41. The number of hydrogen-bond donors (Lipinski definition) is 0. The molecule has 0 aliphatic heterocycles. The third-order valence-corrected chi connectivity index (χ3v) is 5.62. The molecular formula is C21H38ClP. The molecule has 0 fully saturated rings. The summed E-state index contributed by atoms with van der Waals surface area (Å²) in [6.45, 7) is 4.80. The Kier molecular flexibility index (Phi) is 16.7. The first-order valence-electron chi connectivity index (χ1n) is 9.47. The molecule has 2 heteroatoms. The van der Waals surface area contributed by atoms with Crippen molar-refractivity contribution in [1.82, 2.24) is 0 Å². The predicted octanol–water partition coefficient (Wildman–Crippen LogP) is 7.68. The zero-order valence-corrected chi connectivity index (χ0v) is 17.1. The molecule has 0 saturated carbocycles. The van der Waals surface area contributed by atoms with Crippen LogP contribution in [0.4, 0.5) is 0 Å². The van der Waals surface area contributed by atoms with E-state index < -0.39 is 0 Å². The van der Waals surface area contributed by atoms with E-state index in [9.17, 15) is 0 Å². The van der Waals surface area contributed by atoms with Crippen molar-refractivity contribution >= 4 is 20.3 Å². The Labute approximate surface area is 153 Å². The van der Waals surface area contributed by atoms with Crippen LogP contribution in [0.1, 0.15) is 76.2 Å². The summed E-state index contributed by atoms with van der Waals surface area (Å²) in [5.41, 5.74) is 1.50. The molecule has 23 heavy (non-hydrogen) atoms. The van der Waals surface area contributed by atoms with Crippen molar-refractivity contribution in [3.8, 4) is 0 Å². The van der Waals surface area contributed by atoms with Gasteiger partial charge in [0.1, 0.15) is 0 Å². The molecule has 0 N–H and O–H groups in total. The summed E-state index contributed by atoms with van der Waals surface area (Å²) in [4.78, 5) is 0. The fraction of sp³-hybridized carbons (Fsp3) is 0.714. The van der Waals surface area contributed by atoms with Crippen LogP contribution < -0.4 is 0 Å². The highest BCUT2D eigenvalue weighted by atomic mass is 35.5. The number of aryl methyl sites for hydroxylation is 1. The van der Waals surface area contributed by atoms with Gasteiger partial charge in [0.05, 0.1) is 0 Å². The molecule has 0 atom stereocenters. The van der Waals surface area contributed by atoms with E-state index in [1.807, 2.05) is 0 Å². The minimum atomic E-state index is 0. The van der Waals surface area contributed by atoms with Gasteiger partial charge in [0, 0.05) is 0 Å². The Bertz CT molecular complexity index is 337. The largest absolute Gasteiger partial charge is 0.147 e. The van der Waals surface area contributed by atoms with Gasteiger partial charge < -0.3 is 0 Å². The standard InChI is InChI=1S/C21H37P.ClH/c1-22(2)20-16-11-9-7-5-3-4-6-8-10-13-17-21-18-14-12-15-19-21;/h12,14-15,18-19H,3-11,13,16-17,20H2,1-2H3;1H. The zero-order chi connectivity index (χ0) is 15.9. The lowest BCUT2D eigenvalue weighted by atomic mass is 10.0. The van der Waals surface area contributed by atoms with Gasteiger partial charge >= 0.3 is 0 Å². The average Bonchev–Trinajstić information content (AvgIpc) is 2.52. The van der Waals surface area contributed by atoms with Crippen molar-refractivity contribution in [3.05, 3.63) is 35.9 Å². The van der Waals surface area contributed by atoms with Crippen molar-refractivity contribution in [2.75, 3.05) is 19.5 Å². The summed E-state index contributed by atoms with van der Waals surface area (Å²) in [5, 5.41) is 0. The van der Waals surface area contributed by atoms with Crippen molar-refractivity contribution in [3.63, 3.8) is 0 Å². The van der Waals surface area contributed by atoms with Crippen LogP contribution in [0.3, 0.4) is 0 Å². The van der Waals surface area contributed by atoms with Gasteiger partial charge in [-0.15, -0.1) is 20.3 Å². The first kappa shape index (κ1) is 22.9. The molecule has 1 aromatic carbocycles. The van der Waals surface area contributed by atoms with Gasteiger partial charge in [-0.25, -0.2) is 0 Å². The Balaban J connectivity index is 0.00000484. The summed E-state index contributed by atoms with van der Waals surface area (Å²) in [6.07, 6.45) is 18.7. The van der Waals surface area contributed by atoms with E-state index in [4.69, 9.17) is 0 Å². The van der Waals surface area contributed by atoms with Gasteiger partial charge in [0.25, 0.3) is 0 Å². The molecule has 0 radical (unpaired) electrons. The Morgan fingerprint density at radius 3 is 1.52 bits per heavy atom. The third kappa shape index (κ3) is 15.2. The van der Waals surface area contributed by atoms with E-state index in [1.165, 1.54) is 88.8 Å². The monoisotopic (exact) mass is 356 g/mol. The molecule has 0 spiro atoms. The average molecular weight is 357 g/mol. The van der Waals surface area contributed by atoms with Gasteiger partial charge in [-0.2, -0.15) is 0 Å². The minimum absolute atomic E-state index is 0. The molecule has 134 valence electrons. The molecule has 0 unspecified atom stereocenters. The summed E-state index contributed by atoms with van der Waals surface area (Å²) >= 11 is 0. The lowest BCUT2D eigenvalue weighted by molar-refractivity contribution is 0.550. The molecule has 0 aliphatic rings. The van der Waals surface area contributed by atoms with Crippen molar-refractivity contribution < 1.29 is 0 Å². The molecule has 0 amide bonds. The molecular weight excluding hydrogens is 319 g/mol. The number of halogens is 1. The lowest BCUT2D eigenvalue weighted by Gasteiger charge is -2.05. The van der Waals surface area contributed by atoms with Crippen LogP contribution in [0.25, 0.3) is 0 Å². The van der Waals surface area contributed by atoms with Crippen LogP contribution in [0.15, 0.2) is 30.3 Å². The zero-order valence-electron chi connectivity index (χ0n) is 15.4. The topological polar surface area (TPSA) is 0 Å². The normalized spacial score (nSPS) is 10.7. The van der Waals surface area contributed by atoms with E-state index in [2.05, 4.69) is 43.7 Å². The summed E-state index contributed by atoms with van der Waals surface area (Å²) in [5.74, 6) is 0. The van der Waals surface area contributed by atoms with Crippen molar-refractivity contribution in [1.29, 1.82) is 0 Å². The lowest BCUT2D eigenvalue weighted by Crippen LogP contribution is -1.86. The molecule has 0 aromatic heterocycles. The first-order chi connectivity index (χ1) is 10.8. The molecule has 0 saturated heterocycles. The van der Waals surface area contributed by atoms with Gasteiger partial charge in [-0.1, -0.05) is 88.1 Å². The molecule has 1 aromatic rings. The molecule has 0 aliphatic carbocycles. The van der Waals surface area contributed by atoms with Gasteiger partial charge in [0.15, 0.2) is 0 Å². The van der Waals surface area contributed by atoms with Gasteiger partial charge in [-0.3, -0.25) is 0 Å². The fourth-order valence-corrected chi connectivity index (χ4v) is 3.85. The van der Waals surface area contributed by atoms with Gasteiger partial charge in [-0.05, 0) is 44.3 Å².